The second kappa shape index (κ2) is 7.46. The monoisotopic (exact) mass is 342 g/mol. The first-order valence-electron chi connectivity index (χ1n) is 9.02. The van der Waals surface area contributed by atoms with Crippen LogP contribution in [0.4, 0.5) is 0 Å². The highest BCUT2D eigenvalue weighted by Crippen LogP contribution is 2.34. The van der Waals surface area contributed by atoms with Crippen LogP contribution >= 0.6 is 0 Å². The molecule has 3 atom stereocenters. The molecule has 0 saturated heterocycles. The Morgan fingerprint density at radius 2 is 1.84 bits per heavy atom. The molecule has 4 nitrogen and oxygen atoms in total. The SMILES string of the molecule is COc1cc2c(cc1OC)[C@H]([C@@H](C)[NH3+])[NH+](Cc1ccccc1C)CC2. The van der Waals surface area contributed by atoms with Gasteiger partial charge >= 0.3 is 0 Å². The maximum Gasteiger partial charge on any atom is 0.166 e. The number of hydrogen-bond acceptors (Lipinski definition) is 2. The van der Waals surface area contributed by atoms with Crippen LogP contribution in [0.3, 0.4) is 0 Å². The van der Waals surface area contributed by atoms with E-state index in [0.29, 0.717) is 12.1 Å². The van der Waals surface area contributed by atoms with E-state index in [0.717, 1.165) is 31.0 Å². The van der Waals surface area contributed by atoms with Crippen molar-refractivity contribution in [1.29, 1.82) is 0 Å². The predicted octanol–water partition coefficient (Wildman–Crippen LogP) is 1.32. The van der Waals surface area contributed by atoms with Crippen LogP contribution in [0.25, 0.3) is 0 Å². The zero-order valence-electron chi connectivity index (χ0n) is 15.8. The second-order valence-corrected chi connectivity index (χ2v) is 7.12. The Hall–Kier alpha value is -2.04. The first-order valence-corrected chi connectivity index (χ1v) is 9.02. The second-order valence-electron chi connectivity index (χ2n) is 7.12. The van der Waals surface area contributed by atoms with Crippen LogP contribution in [0, 0.1) is 6.92 Å². The van der Waals surface area contributed by atoms with Crippen molar-refractivity contribution >= 4 is 0 Å². The van der Waals surface area contributed by atoms with Gasteiger partial charge in [-0.3, -0.25) is 0 Å². The summed E-state index contributed by atoms with van der Waals surface area (Å²) < 4.78 is 11.0. The zero-order chi connectivity index (χ0) is 18.0. The molecule has 0 radical (unpaired) electrons. The first kappa shape index (κ1) is 17.8. The summed E-state index contributed by atoms with van der Waals surface area (Å²) >= 11 is 0. The van der Waals surface area contributed by atoms with Crippen molar-refractivity contribution in [3.05, 3.63) is 58.7 Å². The molecule has 0 aromatic heterocycles. The molecule has 134 valence electrons. The molecule has 1 aliphatic heterocycles. The van der Waals surface area contributed by atoms with Crippen LogP contribution in [0.15, 0.2) is 36.4 Å². The number of quaternary nitrogens is 2. The number of aryl methyl sites for hydroxylation is 1. The molecule has 1 unspecified atom stereocenters. The van der Waals surface area contributed by atoms with Crippen molar-refractivity contribution in [3.8, 4) is 11.5 Å². The smallest absolute Gasteiger partial charge is 0.166 e. The number of fused-ring (bicyclic) bond motifs is 1. The van der Waals surface area contributed by atoms with E-state index in [-0.39, 0.29) is 0 Å². The highest BCUT2D eigenvalue weighted by Gasteiger charge is 2.37. The van der Waals surface area contributed by atoms with Gasteiger partial charge in [-0.2, -0.15) is 0 Å². The lowest BCUT2D eigenvalue weighted by Gasteiger charge is -2.35. The van der Waals surface area contributed by atoms with Crippen molar-refractivity contribution in [1.82, 2.24) is 0 Å². The fourth-order valence-corrected chi connectivity index (χ4v) is 4.07. The summed E-state index contributed by atoms with van der Waals surface area (Å²) in [7, 11) is 3.40. The van der Waals surface area contributed by atoms with Crippen molar-refractivity contribution in [2.75, 3.05) is 20.8 Å². The highest BCUT2D eigenvalue weighted by atomic mass is 16.5. The third-order valence-corrected chi connectivity index (χ3v) is 5.38. The molecule has 1 aliphatic rings. The van der Waals surface area contributed by atoms with Crippen LogP contribution in [-0.2, 0) is 13.0 Å². The fraction of sp³-hybridized carbons (Fsp3) is 0.429. The zero-order valence-corrected chi connectivity index (χ0v) is 15.8. The third-order valence-electron chi connectivity index (χ3n) is 5.38. The Kier molecular flexibility index (Phi) is 5.30. The molecule has 0 spiro atoms. The highest BCUT2D eigenvalue weighted by molar-refractivity contribution is 5.49. The number of nitrogens with one attached hydrogen (secondary N) is 1. The lowest BCUT2D eigenvalue weighted by atomic mass is 9.88. The molecule has 4 N–H and O–H groups in total. The van der Waals surface area contributed by atoms with E-state index in [4.69, 9.17) is 9.47 Å². The van der Waals surface area contributed by atoms with E-state index >= 15 is 0 Å². The predicted molar refractivity (Wildman–Crippen MR) is 99.1 cm³/mol. The van der Waals surface area contributed by atoms with Gasteiger partial charge in [0.25, 0.3) is 0 Å². The molecule has 0 saturated carbocycles. The molecular weight excluding hydrogens is 312 g/mol. The van der Waals surface area contributed by atoms with Crippen molar-refractivity contribution < 1.29 is 20.1 Å². The van der Waals surface area contributed by atoms with Crippen LogP contribution in [0.1, 0.15) is 35.2 Å². The molecule has 0 aliphatic carbocycles. The number of benzene rings is 2. The molecule has 3 rings (SSSR count). The molecular formula is C21H30N2O2+2. The van der Waals surface area contributed by atoms with Crippen LogP contribution in [0.2, 0.25) is 0 Å². The molecule has 2 aromatic rings. The summed E-state index contributed by atoms with van der Waals surface area (Å²) in [5.74, 6) is 1.63. The molecule has 2 aromatic carbocycles. The van der Waals surface area contributed by atoms with Gasteiger partial charge in [0.15, 0.2) is 17.5 Å². The van der Waals surface area contributed by atoms with Crippen molar-refractivity contribution in [2.24, 2.45) is 0 Å². The van der Waals surface area contributed by atoms with E-state index in [1.807, 2.05) is 0 Å². The topological polar surface area (TPSA) is 50.5 Å². The van der Waals surface area contributed by atoms with E-state index < -0.39 is 0 Å². The van der Waals surface area contributed by atoms with E-state index in [1.54, 1.807) is 19.1 Å². The first-order chi connectivity index (χ1) is 12.0. The summed E-state index contributed by atoms with van der Waals surface area (Å²) in [5.41, 5.74) is 9.89. The minimum absolute atomic E-state index is 0.316. The van der Waals surface area contributed by atoms with Gasteiger partial charge in [-0.25, -0.2) is 0 Å². The molecule has 0 amide bonds. The average Bonchev–Trinajstić information content (AvgIpc) is 2.61. The number of ether oxygens (including phenoxy) is 2. The Balaban J connectivity index is 1.98. The molecule has 4 heteroatoms. The van der Waals surface area contributed by atoms with Gasteiger partial charge in [0.05, 0.1) is 20.8 Å². The summed E-state index contributed by atoms with van der Waals surface area (Å²) in [4.78, 5) is 1.58. The van der Waals surface area contributed by atoms with Crippen LogP contribution < -0.4 is 20.1 Å². The van der Waals surface area contributed by atoms with E-state index in [9.17, 15) is 0 Å². The van der Waals surface area contributed by atoms with Gasteiger partial charge in [-0.1, -0.05) is 24.3 Å². The number of hydrogen-bond donors (Lipinski definition) is 2. The van der Waals surface area contributed by atoms with E-state index in [1.165, 1.54) is 22.3 Å². The van der Waals surface area contributed by atoms with Crippen LogP contribution in [-0.4, -0.2) is 26.8 Å². The Bertz CT molecular complexity index is 743. The van der Waals surface area contributed by atoms with Gasteiger partial charge in [0.2, 0.25) is 0 Å². The normalized spacial score (nSPS) is 20.7. The van der Waals surface area contributed by atoms with Gasteiger partial charge in [-0.05, 0) is 37.1 Å². The maximum absolute atomic E-state index is 5.55. The fourth-order valence-electron chi connectivity index (χ4n) is 4.07. The summed E-state index contributed by atoms with van der Waals surface area (Å²) in [5, 5.41) is 0. The Morgan fingerprint density at radius 3 is 2.48 bits per heavy atom. The third kappa shape index (κ3) is 3.51. The Morgan fingerprint density at radius 1 is 1.16 bits per heavy atom. The van der Waals surface area contributed by atoms with Gasteiger partial charge in [0, 0.05) is 17.5 Å². The minimum Gasteiger partial charge on any atom is -0.493 e. The maximum atomic E-state index is 5.55. The van der Waals surface area contributed by atoms with Gasteiger partial charge in [-0.15, -0.1) is 0 Å². The summed E-state index contributed by atoms with van der Waals surface area (Å²) in [6.45, 7) is 6.56. The van der Waals surface area contributed by atoms with Crippen molar-refractivity contribution in [2.45, 2.75) is 38.9 Å². The summed E-state index contributed by atoms with van der Waals surface area (Å²) in [6.07, 6.45) is 1.06. The summed E-state index contributed by atoms with van der Waals surface area (Å²) in [6, 6.07) is 13.7. The largest absolute Gasteiger partial charge is 0.493 e. The molecule has 25 heavy (non-hydrogen) atoms. The molecule has 0 fully saturated rings. The molecule has 0 bridgehead atoms. The lowest BCUT2D eigenvalue weighted by molar-refractivity contribution is -0.957. The Labute approximate surface area is 150 Å². The van der Waals surface area contributed by atoms with Crippen molar-refractivity contribution in [3.63, 3.8) is 0 Å². The quantitative estimate of drug-likeness (QED) is 0.861. The molecule has 1 heterocycles. The van der Waals surface area contributed by atoms with Crippen LogP contribution in [0.5, 0.6) is 11.5 Å². The minimum atomic E-state index is 0.316. The lowest BCUT2D eigenvalue weighted by Crippen LogP contribution is -3.14. The van der Waals surface area contributed by atoms with E-state index in [2.05, 4.69) is 56.0 Å². The number of methoxy groups -OCH3 is 2. The average molecular weight is 342 g/mol. The van der Waals surface area contributed by atoms with Gasteiger partial charge in [0.1, 0.15) is 12.6 Å². The van der Waals surface area contributed by atoms with Gasteiger partial charge < -0.3 is 20.1 Å². The number of rotatable bonds is 5. The standard InChI is InChI=1S/C21H28N2O2/c1-14-7-5-6-8-17(14)13-23-10-9-16-11-19(24-3)20(25-4)12-18(16)21(23)15(2)22/h5-8,11-12,15,21H,9-10,13,22H2,1-4H3/p+2/t15-,21+/m1/s1.